The Morgan fingerprint density at radius 1 is 1.39 bits per heavy atom. The van der Waals surface area contributed by atoms with Gasteiger partial charge in [-0.15, -0.1) is 0 Å². The van der Waals surface area contributed by atoms with Crippen LogP contribution in [0.25, 0.3) is 0 Å². The first-order valence-electron chi connectivity index (χ1n) is 6.06. The van der Waals surface area contributed by atoms with Crippen molar-refractivity contribution in [3.63, 3.8) is 0 Å². The van der Waals surface area contributed by atoms with Gasteiger partial charge >= 0.3 is 6.03 Å². The highest BCUT2D eigenvalue weighted by molar-refractivity contribution is 5.86. The molecule has 6 heteroatoms. The van der Waals surface area contributed by atoms with Gasteiger partial charge in [-0.25, -0.2) is 4.79 Å². The molecule has 1 unspecified atom stereocenters. The van der Waals surface area contributed by atoms with E-state index in [1.54, 1.807) is 20.9 Å². The summed E-state index contributed by atoms with van der Waals surface area (Å²) in [7, 11) is 1.59. The average molecular weight is 259 g/mol. The smallest absolute Gasteiger partial charge is 0.312 e. The summed E-state index contributed by atoms with van der Waals surface area (Å²) < 4.78 is 0. The maximum Gasteiger partial charge on any atom is 0.312 e. The molecule has 0 aliphatic rings. The van der Waals surface area contributed by atoms with Crippen LogP contribution in [0.3, 0.4) is 0 Å². The van der Waals surface area contributed by atoms with Crippen LogP contribution < -0.4 is 11.1 Å². The van der Waals surface area contributed by atoms with Gasteiger partial charge in [0.2, 0.25) is 5.91 Å². The van der Waals surface area contributed by atoms with Crippen molar-refractivity contribution in [2.75, 3.05) is 13.6 Å². The minimum Gasteiger partial charge on any atom is -0.389 e. The lowest BCUT2D eigenvalue weighted by atomic mass is 10.0. The van der Waals surface area contributed by atoms with Crippen molar-refractivity contribution in [3.05, 3.63) is 0 Å². The predicted molar refractivity (Wildman–Crippen MR) is 69.9 cm³/mol. The fourth-order valence-electron chi connectivity index (χ4n) is 1.79. The molecule has 3 amide bonds. The molecule has 106 valence electrons. The number of urea groups is 1. The third-order valence-electron chi connectivity index (χ3n) is 2.32. The molecule has 0 aliphatic carbocycles. The van der Waals surface area contributed by atoms with E-state index in [4.69, 9.17) is 5.73 Å². The first kappa shape index (κ1) is 16.7. The molecule has 1 atom stereocenters. The maximum absolute atomic E-state index is 12.1. The Balaban J connectivity index is 4.67. The molecule has 0 rings (SSSR count). The van der Waals surface area contributed by atoms with Gasteiger partial charge in [-0.3, -0.25) is 4.79 Å². The van der Waals surface area contributed by atoms with Crippen LogP contribution >= 0.6 is 0 Å². The minimum absolute atomic E-state index is 0.195. The van der Waals surface area contributed by atoms with Crippen molar-refractivity contribution in [3.8, 4) is 0 Å². The van der Waals surface area contributed by atoms with Crippen LogP contribution in [-0.2, 0) is 4.79 Å². The van der Waals surface area contributed by atoms with Gasteiger partial charge in [0.25, 0.3) is 0 Å². The lowest BCUT2D eigenvalue weighted by molar-refractivity contribution is -0.134. The molecular formula is C12H25N3O3. The van der Waals surface area contributed by atoms with E-state index in [0.29, 0.717) is 6.42 Å². The molecule has 0 aromatic heterocycles. The second-order valence-corrected chi connectivity index (χ2v) is 5.70. The van der Waals surface area contributed by atoms with Crippen molar-refractivity contribution < 1.29 is 14.7 Å². The maximum atomic E-state index is 12.1. The quantitative estimate of drug-likeness (QED) is 0.640. The molecular weight excluding hydrogens is 234 g/mol. The number of amides is 3. The fourth-order valence-corrected chi connectivity index (χ4v) is 1.79. The van der Waals surface area contributed by atoms with E-state index in [9.17, 15) is 14.7 Å². The zero-order chi connectivity index (χ0) is 14.5. The van der Waals surface area contributed by atoms with Gasteiger partial charge in [-0.1, -0.05) is 13.8 Å². The average Bonchev–Trinajstić information content (AvgIpc) is 2.11. The van der Waals surface area contributed by atoms with E-state index in [-0.39, 0.29) is 18.4 Å². The van der Waals surface area contributed by atoms with Crippen LogP contribution in [0.15, 0.2) is 0 Å². The summed E-state index contributed by atoms with van der Waals surface area (Å²) in [6.07, 6.45) is 0.512. The Morgan fingerprint density at radius 2 is 1.89 bits per heavy atom. The molecule has 0 aromatic rings. The molecule has 0 saturated carbocycles. The van der Waals surface area contributed by atoms with Crippen LogP contribution in [0.4, 0.5) is 4.79 Å². The van der Waals surface area contributed by atoms with E-state index in [1.807, 2.05) is 13.8 Å². The number of carbonyl (C=O) groups is 2. The molecule has 4 N–H and O–H groups in total. The van der Waals surface area contributed by atoms with Gasteiger partial charge in [0.05, 0.1) is 5.60 Å². The number of likely N-dealkylation sites (N-methyl/N-ethyl adjacent to an activating group) is 1. The monoisotopic (exact) mass is 259 g/mol. The van der Waals surface area contributed by atoms with E-state index in [0.717, 1.165) is 0 Å². The van der Waals surface area contributed by atoms with Gasteiger partial charge in [-0.2, -0.15) is 0 Å². The number of hydrogen-bond acceptors (Lipinski definition) is 3. The number of aliphatic hydroxyl groups is 1. The van der Waals surface area contributed by atoms with E-state index >= 15 is 0 Å². The number of nitrogens with zero attached hydrogens (tertiary/aromatic N) is 1. The summed E-state index contributed by atoms with van der Waals surface area (Å²) in [5, 5.41) is 12.1. The Hall–Kier alpha value is -1.30. The first-order chi connectivity index (χ1) is 8.03. The van der Waals surface area contributed by atoms with Crippen LogP contribution in [0, 0.1) is 5.92 Å². The van der Waals surface area contributed by atoms with Gasteiger partial charge in [0, 0.05) is 13.6 Å². The van der Waals surface area contributed by atoms with Crippen molar-refractivity contribution >= 4 is 11.9 Å². The summed E-state index contributed by atoms with van der Waals surface area (Å²) in [5.41, 5.74) is 4.09. The number of hydrogen-bond donors (Lipinski definition) is 3. The number of primary amides is 1. The molecule has 0 aliphatic heterocycles. The minimum atomic E-state index is -0.973. The summed E-state index contributed by atoms with van der Waals surface area (Å²) in [4.78, 5) is 24.4. The summed E-state index contributed by atoms with van der Waals surface area (Å²) in [5.74, 6) is 0.00552. The van der Waals surface area contributed by atoms with Crippen LogP contribution in [0.1, 0.15) is 34.1 Å². The standard InChI is InChI=1S/C12H25N3O3/c1-8(2)6-9(14-11(13)17)10(16)15(5)7-12(3,4)18/h8-9,18H,6-7H2,1-5H3,(H3,13,14,17). The predicted octanol–water partition coefficient (Wildman–Crippen LogP) is 0.299. The molecule has 0 bridgehead atoms. The van der Waals surface area contributed by atoms with Crippen molar-refractivity contribution in [1.29, 1.82) is 0 Å². The number of carbonyl (C=O) groups excluding carboxylic acids is 2. The number of nitrogens with one attached hydrogen (secondary N) is 1. The van der Waals surface area contributed by atoms with E-state index in [1.165, 1.54) is 4.90 Å². The van der Waals surface area contributed by atoms with Crippen LogP contribution in [-0.4, -0.2) is 47.2 Å². The Kier molecular flexibility index (Phi) is 6.11. The fraction of sp³-hybridized carbons (Fsp3) is 0.833. The molecule has 0 aromatic carbocycles. The van der Waals surface area contributed by atoms with E-state index in [2.05, 4.69) is 5.32 Å². The Bertz CT molecular complexity index is 297. The Labute approximate surface area is 109 Å². The molecule has 6 nitrogen and oxygen atoms in total. The summed E-state index contributed by atoms with van der Waals surface area (Å²) in [6, 6.07) is -1.36. The van der Waals surface area contributed by atoms with Crippen molar-refractivity contribution in [1.82, 2.24) is 10.2 Å². The lowest BCUT2D eigenvalue weighted by Crippen LogP contribution is -2.52. The lowest BCUT2D eigenvalue weighted by Gasteiger charge is -2.29. The third kappa shape index (κ3) is 7.11. The van der Waals surface area contributed by atoms with Crippen LogP contribution in [0.2, 0.25) is 0 Å². The highest BCUT2D eigenvalue weighted by atomic mass is 16.3. The van der Waals surface area contributed by atoms with Gasteiger partial charge < -0.3 is 21.1 Å². The summed E-state index contributed by atoms with van der Waals surface area (Å²) in [6.45, 7) is 7.35. The number of nitrogens with two attached hydrogens (primary N) is 1. The Morgan fingerprint density at radius 3 is 2.22 bits per heavy atom. The molecule has 0 spiro atoms. The highest BCUT2D eigenvalue weighted by Crippen LogP contribution is 2.10. The first-order valence-corrected chi connectivity index (χ1v) is 6.06. The number of rotatable bonds is 6. The molecule has 0 saturated heterocycles. The normalized spacial score (nSPS) is 13.3. The zero-order valence-corrected chi connectivity index (χ0v) is 11.9. The summed E-state index contributed by atoms with van der Waals surface area (Å²) >= 11 is 0. The molecule has 18 heavy (non-hydrogen) atoms. The van der Waals surface area contributed by atoms with Crippen LogP contribution in [0.5, 0.6) is 0 Å². The van der Waals surface area contributed by atoms with Crippen molar-refractivity contribution in [2.45, 2.75) is 45.8 Å². The van der Waals surface area contributed by atoms with Crippen molar-refractivity contribution in [2.24, 2.45) is 11.7 Å². The van der Waals surface area contributed by atoms with Gasteiger partial charge in [-0.05, 0) is 26.2 Å². The molecule has 0 fully saturated rings. The molecule has 0 heterocycles. The van der Waals surface area contributed by atoms with E-state index < -0.39 is 17.7 Å². The second kappa shape index (κ2) is 6.58. The van der Waals surface area contributed by atoms with Gasteiger partial charge in [0.15, 0.2) is 0 Å². The second-order valence-electron chi connectivity index (χ2n) is 5.70. The highest BCUT2D eigenvalue weighted by Gasteiger charge is 2.27. The third-order valence-corrected chi connectivity index (χ3v) is 2.32. The largest absolute Gasteiger partial charge is 0.389 e. The zero-order valence-electron chi connectivity index (χ0n) is 11.9. The van der Waals surface area contributed by atoms with Gasteiger partial charge in [0.1, 0.15) is 6.04 Å². The SMILES string of the molecule is CC(C)CC(NC(N)=O)C(=O)N(C)CC(C)(C)O. The topological polar surface area (TPSA) is 95.7 Å². The molecule has 0 radical (unpaired) electrons.